The zero-order valence-corrected chi connectivity index (χ0v) is 24.5. The second-order valence-electron chi connectivity index (χ2n) is 11.6. The van der Waals surface area contributed by atoms with Crippen LogP contribution in [0.25, 0.3) is 0 Å². The summed E-state index contributed by atoms with van der Waals surface area (Å²) in [6.45, 7) is 3.23. The van der Waals surface area contributed by atoms with Gasteiger partial charge in [0.1, 0.15) is 6.10 Å². The van der Waals surface area contributed by atoms with Crippen LogP contribution in [0.4, 0.5) is 9.59 Å². The van der Waals surface area contributed by atoms with Crippen molar-refractivity contribution >= 4 is 12.2 Å². The number of fused-ring (bicyclic) bond motifs is 1. The van der Waals surface area contributed by atoms with Gasteiger partial charge in [-0.3, -0.25) is 0 Å². The van der Waals surface area contributed by atoms with Crippen molar-refractivity contribution in [2.75, 3.05) is 26.4 Å². The van der Waals surface area contributed by atoms with Gasteiger partial charge in [0.15, 0.2) is 6.29 Å². The Labute approximate surface area is 244 Å². The van der Waals surface area contributed by atoms with Crippen molar-refractivity contribution in [3.63, 3.8) is 0 Å². The number of carbonyl (C=O) groups excluding carboxylic acids is 2. The lowest BCUT2D eigenvalue weighted by Crippen LogP contribution is -2.53. The summed E-state index contributed by atoms with van der Waals surface area (Å²) >= 11 is 0. The van der Waals surface area contributed by atoms with Gasteiger partial charge in [0.2, 0.25) is 0 Å². The number of nitrogens with zero attached hydrogens (tertiary/aromatic N) is 1. The van der Waals surface area contributed by atoms with E-state index in [1.807, 2.05) is 37.3 Å². The second-order valence-corrected chi connectivity index (χ2v) is 11.6. The number of allylic oxidation sites excluding steroid dienone is 1. The minimum Gasteiger partial charge on any atom is -0.449 e. The van der Waals surface area contributed by atoms with Gasteiger partial charge >= 0.3 is 12.2 Å². The van der Waals surface area contributed by atoms with Gasteiger partial charge in [-0.1, -0.05) is 74.6 Å². The van der Waals surface area contributed by atoms with Crippen LogP contribution in [0.3, 0.4) is 0 Å². The molecule has 2 saturated heterocycles. The molecule has 9 heteroatoms. The van der Waals surface area contributed by atoms with Crippen LogP contribution < -0.4 is 5.32 Å². The molecule has 1 aromatic rings. The number of hydrogen-bond acceptors (Lipinski definition) is 7. The Balaban J connectivity index is 1.42. The molecule has 0 spiro atoms. The highest BCUT2D eigenvalue weighted by molar-refractivity contribution is 5.69. The number of nitrogens with one attached hydrogen (secondary N) is 1. The minimum atomic E-state index is -1.05. The van der Waals surface area contributed by atoms with E-state index in [2.05, 4.69) is 17.5 Å². The quantitative estimate of drug-likeness (QED) is 0.424. The Morgan fingerprint density at radius 3 is 2.61 bits per heavy atom. The predicted octanol–water partition coefficient (Wildman–Crippen LogP) is 5.35. The summed E-state index contributed by atoms with van der Waals surface area (Å²) in [4.78, 5) is 27.8. The third-order valence-corrected chi connectivity index (χ3v) is 8.34. The average molecular weight is 573 g/mol. The van der Waals surface area contributed by atoms with E-state index in [-0.39, 0.29) is 24.8 Å². The Morgan fingerprint density at radius 1 is 1.05 bits per heavy atom. The van der Waals surface area contributed by atoms with Gasteiger partial charge in [0.05, 0.1) is 44.4 Å². The van der Waals surface area contributed by atoms with E-state index in [1.165, 1.54) is 25.7 Å². The first-order valence-electron chi connectivity index (χ1n) is 15.5. The third kappa shape index (κ3) is 10.0. The van der Waals surface area contributed by atoms with E-state index in [0.29, 0.717) is 32.7 Å². The molecule has 0 aliphatic carbocycles. The average Bonchev–Trinajstić information content (AvgIpc) is 3.58. The highest BCUT2D eigenvalue weighted by Gasteiger charge is 2.44. The first-order valence-corrected chi connectivity index (χ1v) is 15.5. The van der Waals surface area contributed by atoms with Crippen LogP contribution in [0.1, 0.15) is 76.7 Å². The number of ether oxygens (including phenoxy) is 4. The Kier molecular flexibility index (Phi) is 12.8. The fourth-order valence-corrected chi connectivity index (χ4v) is 5.81. The van der Waals surface area contributed by atoms with E-state index < -0.39 is 30.4 Å². The SMILES string of the molecule is CC1C/C=C\CCCCCCCCCOC(=O)N1CC(O)C(Cc1ccccc1)NC(=O)O[C@H]1CO[C@H]2OCC[C@H]21. The molecule has 228 valence electrons. The molecule has 0 aromatic heterocycles. The van der Waals surface area contributed by atoms with Crippen molar-refractivity contribution in [3.05, 3.63) is 48.0 Å². The lowest BCUT2D eigenvalue weighted by atomic mass is 10.00. The first-order chi connectivity index (χ1) is 20.0. The van der Waals surface area contributed by atoms with Gasteiger partial charge in [0, 0.05) is 6.04 Å². The highest BCUT2D eigenvalue weighted by Crippen LogP contribution is 2.33. The van der Waals surface area contributed by atoms with Gasteiger partial charge in [0.25, 0.3) is 0 Å². The van der Waals surface area contributed by atoms with Crippen molar-refractivity contribution in [1.29, 1.82) is 0 Å². The predicted molar refractivity (Wildman–Crippen MR) is 155 cm³/mol. The molecule has 41 heavy (non-hydrogen) atoms. The maximum Gasteiger partial charge on any atom is 0.410 e. The van der Waals surface area contributed by atoms with Crippen LogP contribution in [0.5, 0.6) is 0 Å². The number of aliphatic hydroxyl groups excluding tert-OH is 1. The monoisotopic (exact) mass is 572 g/mol. The van der Waals surface area contributed by atoms with Crippen molar-refractivity contribution in [3.8, 4) is 0 Å². The zero-order valence-electron chi connectivity index (χ0n) is 24.5. The Hall–Kier alpha value is -2.62. The lowest BCUT2D eigenvalue weighted by molar-refractivity contribution is -0.0907. The number of hydrogen-bond donors (Lipinski definition) is 2. The number of cyclic esters (lactones) is 1. The fraction of sp³-hybridized carbons (Fsp3) is 0.688. The van der Waals surface area contributed by atoms with Gasteiger partial charge in [-0.15, -0.1) is 0 Å². The van der Waals surface area contributed by atoms with E-state index in [0.717, 1.165) is 37.7 Å². The molecule has 2 N–H and O–H groups in total. The number of β-amino-alcohol motifs (C(OH)–C–C–N with tert-alkyl or cyclic N) is 1. The summed E-state index contributed by atoms with van der Waals surface area (Å²) in [5.41, 5.74) is 0.955. The largest absolute Gasteiger partial charge is 0.449 e. The molecule has 3 unspecified atom stereocenters. The highest BCUT2D eigenvalue weighted by atomic mass is 16.7. The molecular formula is C32H48N2O7. The molecule has 4 rings (SSSR count). The molecule has 6 atom stereocenters. The number of benzene rings is 1. The normalized spacial score (nSPS) is 28.7. The standard InChI is InChI=1S/C32H48N2O7/c1-24-15-11-8-6-4-2-3-5-7-9-14-19-39-32(37)34(24)22-28(35)27(21-25-16-12-10-13-17-25)33-31(36)41-29-23-40-30-26(29)18-20-38-30/h8,10-13,16-17,24,26-30,35H,2-7,9,14-15,18-23H2,1H3,(H,33,36)/b11-8-/t24?,26-,27?,28?,29-,30+/m0/s1. The number of rotatable bonds is 7. The van der Waals surface area contributed by atoms with Gasteiger partial charge < -0.3 is 34.3 Å². The first kappa shape index (κ1) is 31.3. The maximum atomic E-state index is 13.2. The second kappa shape index (κ2) is 16.7. The summed E-state index contributed by atoms with van der Waals surface area (Å²) in [6, 6.07) is 8.80. The number of carbonyl (C=O) groups is 2. The summed E-state index contributed by atoms with van der Waals surface area (Å²) in [5.74, 6) is 0.0198. The Bertz CT molecular complexity index is 959. The van der Waals surface area contributed by atoms with Crippen LogP contribution in [0.2, 0.25) is 0 Å². The van der Waals surface area contributed by atoms with Crippen molar-refractivity contribution in [2.45, 2.75) is 108 Å². The van der Waals surface area contributed by atoms with E-state index in [9.17, 15) is 14.7 Å². The zero-order chi connectivity index (χ0) is 28.9. The topological polar surface area (TPSA) is 107 Å². The molecule has 1 aromatic carbocycles. The summed E-state index contributed by atoms with van der Waals surface area (Å²) in [7, 11) is 0. The fourth-order valence-electron chi connectivity index (χ4n) is 5.81. The van der Waals surface area contributed by atoms with Crippen molar-refractivity contribution in [2.24, 2.45) is 5.92 Å². The molecule has 2 fully saturated rings. The van der Waals surface area contributed by atoms with Gasteiger partial charge in [-0.25, -0.2) is 9.59 Å². The van der Waals surface area contributed by atoms with Gasteiger partial charge in [-0.05, 0) is 51.0 Å². The van der Waals surface area contributed by atoms with Crippen LogP contribution in [-0.2, 0) is 25.4 Å². The van der Waals surface area contributed by atoms with E-state index >= 15 is 0 Å². The lowest BCUT2D eigenvalue weighted by Gasteiger charge is -2.33. The third-order valence-electron chi connectivity index (χ3n) is 8.34. The number of alkyl carbamates (subject to hydrolysis) is 1. The van der Waals surface area contributed by atoms with Gasteiger partial charge in [-0.2, -0.15) is 0 Å². The van der Waals surface area contributed by atoms with E-state index in [4.69, 9.17) is 18.9 Å². The maximum absolute atomic E-state index is 13.2. The molecule has 0 radical (unpaired) electrons. The Morgan fingerprint density at radius 2 is 1.80 bits per heavy atom. The molecule has 3 aliphatic heterocycles. The van der Waals surface area contributed by atoms with Crippen molar-refractivity contribution < 1.29 is 33.6 Å². The van der Waals surface area contributed by atoms with E-state index in [1.54, 1.807) is 4.90 Å². The number of amides is 2. The number of aliphatic hydroxyl groups is 1. The molecule has 9 nitrogen and oxygen atoms in total. The molecular weight excluding hydrogens is 524 g/mol. The van der Waals surface area contributed by atoms with Crippen LogP contribution in [0, 0.1) is 5.92 Å². The molecule has 0 saturated carbocycles. The summed E-state index contributed by atoms with van der Waals surface area (Å²) in [6.07, 6.45) is 12.3. The smallest absolute Gasteiger partial charge is 0.410 e. The summed E-state index contributed by atoms with van der Waals surface area (Å²) in [5, 5.41) is 14.4. The molecule has 3 heterocycles. The van der Waals surface area contributed by atoms with Crippen LogP contribution in [-0.4, -0.2) is 79.1 Å². The van der Waals surface area contributed by atoms with Crippen molar-refractivity contribution in [1.82, 2.24) is 10.2 Å². The molecule has 3 aliphatic rings. The van der Waals surface area contributed by atoms with Crippen LogP contribution >= 0.6 is 0 Å². The minimum absolute atomic E-state index is 0.0198. The summed E-state index contributed by atoms with van der Waals surface area (Å²) < 4.78 is 22.5. The molecule has 0 bridgehead atoms. The molecule has 2 amide bonds. The van der Waals surface area contributed by atoms with Crippen LogP contribution in [0.15, 0.2) is 42.5 Å².